The van der Waals surface area contributed by atoms with Gasteiger partial charge < -0.3 is 15.0 Å². The second-order valence-corrected chi connectivity index (χ2v) is 5.12. The normalized spacial score (nSPS) is 19.9. The molecule has 0 aliphatic carbocycles. The van der Waals surface area contributed by atoms with Crippen molar-refractivity contribution in [1.82, 2.24) is 4.90 Å². The number of nitro groups is 1. The summed E-state index contributed by atoms with van der Waals surface area (Å²) in [5.41, 5.74) is -2.04. The lowest BCUT2D eigenvalue weighted by molar-refractivity contribution is -0.388. The van der Waals surface area contributed by atoms with Crippen LogP contribution in [0.1, 0.15) is 5.56 Å². The molecule has 1 fully saturated rings. The van der Waals surface area contributed by atoms with Gasteiger partial charge in [-0.05, 0) is 19.2 Å². The molecule has 0 amide bonds. The Morgan fingerprint density at radius 2 is 2.23 bits per heavy atom. The van der Waals surface area contributed by atoms with Crippen LogP contribution in [0.4, 0.5) is 24.5 Å². The molecule has 0 radical (unpaired) electrons. The first-order valence-corrected chi connectivity index (χ1v) is 6.67. The molecule has 1 aliphatic heterocycles. The lowest BCUT2D eigenvalue weighted by Crippen LogP contribution is -2.43. The average molecular weight is 319 g/mol. The molecule has 6 nitrogen and oxygen atoms in total. The fraction of sp³-hybridized carbons (Fsp3) is 0.538. The molecule has 1 aromatic rings. The minimum atomic E-state index is -4.78. The number of nitrogens with zero attached hydrogens (tertiary/aromatic N) is 2. The Kier molecular flexibility index (Phi) is 4.87. The Bertz CT molecular complexity index is 551. The van der Waals surface area contributed by atoms with Crippen molar-refractivity contribution >= 4 is 11.4 Å². The molecule has 1 unspecified atom stereocenters. The first-order chi connectivity index (χ1) is 10.3. The Morgan fingerprint density at radius 1 is 1.50 bits per heavy atom. The maximum Gasteiger partial charge on any atom is 0.423 e. The topological polar surface area (TPSA) is 67.6 Å². The molecule has 1 atom stereocenters. The van der Waals surface area contributed by atoms with Gasteiger partial charge in [0.1, 0.15) is 5.56 Å². The van der Waals surface area contributed by atoms with Crippen LogP contribution in [0, 0.1) is 10.1 Å². The quantitative estimate of drug-likeness (QED) is 0.681. The van der Waals surface area contributed by atoms with Gasteiger partial charge in [-0.3, -0.25) is 10.1 Å². The van der Waals surface area contributed by atoms with E-state index in [0.717, 1.165) is 18.7 Å². The van der Waals surface area contributed by atoms with Crippen LogP contribution in [-0.2, 0) is 10.9 Å². The number of rotatable bonds is 4. The van der Waals surface area contributed by atoms with Gasteiger partial charge in [-0.1, -0.05) is 0 Å². The summed E-state index contributed by atoms with van der Waals surface area (Å²) < 4.78 is 44.1. The highest BCUT2D eigenvalue weighted by molar-refractivity contribution is 5.55. The van der Waals surface area contributed by atoms with E-state index in [0.29, 0.717) is 19.7 Å². The van der Waals surface area contributed by atoms with E-state index in [2.05, 4.69) is 10.2 Å². The second-order valence-electron chi connectivity index (χ2n) is 5.12. The molecule has 1 saturated heterocycles. The van der Waals surface area contributed by atoms with E-state index in [9.17, 15) is 23.3 Å². The summed E-state index contributed by atoms with van der Waals surface area (Å²) >= 11 is 0. The van der Waals surface area contributed by atoms with Gasteiger partial charge in [0.25, 0.3) is 5.69 Å². The molecule has 9 heteroatoms. The van der Waals surface area contributed by atoms with E-state index in [1.165, 1.54) is 6.07 Å². The first-order valence-electron chi connectivity index (χ1n) is 6.67. The zero-order valence-corrected chi connectivity index (χ0v) is 11.9. The fourth-order valence-corrected chi connectivity index (χ4v) is 2.25. The summed E-state index contributed by atoms with van der Waals surface area (Å²) in [4.78, 5) is 11.7. The highest BCUT2D eigenvalue weighted by Crippen LogP contribution is 2.37. The maximum atomic E-state index is 12.9. The summed E-state index contributed by atoms with van der Waals surface area (Å²) in [5.74, 6) is 0. The van der Waals surface area contributed by atoms with Crippen LogP contribution >= 0.6 is 0 Å². The van der Waals surface area contributed by atoms with Gasteiger partial charge in [-0.15, -0.1) is 0 Å². The number of hydrogen-bond acceptors (Lipinski definition) is 5. The van der Waals surface area contributed by atoms with Crippen molar-refractivity contribution in [3.05, 3.63) is 33.9 Å². The summed E-state index contributed by atoms with van der Waals surface area (Å²) in [6, 6.07) is 2.88. The summed E-state index contributed by atoms with van der Waals surface area (Å²) in [6.45, 7) is 2.38. The van der Waals surface area contributed by atoms with E-state index in [1.807, 2.05) is 7.05 Å². The van der Waals surface area contributed by atoms with Gasteiger partial charge in [-0.2, -0.15) is 13.2 Å². The molecule has 1 aliphatic rings. The van der Waals surface area contributed by atoms with E-state index < -0.39 is 22.4 Å². The zero-order valence-electron chi connectivity index (χ0n) is 11.9. The third-order valence-corrected chi connectivity index (χ3v) is 3.37. The third kappa shape index (κ3) is 4.08. The number of anilines is 1. The summed E-state index contributed by atoms with van der Waals surface area (Å²) in [7, 11) is 1.93. The summed E-state index contributed by atoms with van der Waals surface area (Å²) in [6.07, 6.45) is -4.91. The Hall–Kier alpha value is -1.87. The zero-order chi connectivity index (χ0) is 16.3. The van der Waals surface area contributed by atoms with Gasteiger partial charge in [0.05, 0.1) is 17.6 Å². The second kappa shape index (κ2) is 6.49. The molecule has 2 rings (SSSR count). The summed E-state index contributed by atoms with van der Waals surface area (Å²) in [5, 5.41) is 13.5. The van der Waals surface area contributed by atoms with Gasteiger partial charge in [-0.25, -0.2) is 0 Å². The number of morpholine rings is 1. The smallest absolute Gasteiger partial charge is 0.382 e. The molecular weight excluding hydrogens is 303 g/mol. The number of likely N-dealkylation sites (N-methyl/N-ethyl adjacent to an activating group) is 1. The molecule has 122 valence electrons. The van der Waals surface area contributed by atoms with Crippen LogP contribution in [0.2, 0.25) is 0 Å². The van der Waals surface area contributed by atoms with Crippen LogP contribution in [0.25, 0.3) is 0 Å². The number of ether oxygens (including phenoxy) is 1. The van der Waals surface area contributed by atoms with Gasteiger partial charge in [0.15, 0.2) is 0 Å². The van der Waals surface area contributed by atoms with Gasteiger partial charge in [0, 0.05) is 31.4 Å². The van der Waals surface area contributed by atoms with Crippen LogP contribution in [0.15, 0.2) is 18.2 Å². The predicted octanol–water partition coefficient (Wildman–Crippen LogP) is 2.36. The van der Waals surface area contributed by atoms with Crippen molar-refractivity contribution in [2.24, 2.45) is 0 Å². The number of halogens is 3. The molecule has 22 heavy (non-hydrogen) atoms. The van der Waals surface area contributed by atoms with Crippen LogP contribution in [0.3, 0.4) is 0 Å². The monoisotopic (exact) mass is 319 g/mol. The van der Waals surface area contributed by atoms with E-state index >= 15 is 0 Å². The van der Waals surface area contributed by atoms with E-state index in [4.69, 9.17) is 4.74 Å². The lowest BCUT2D eigenvalue weighted by Gasteiger charge is -2.30. The molecule has 1 aromatic carbocycles. The largest absolute Gasteiger partial charge is 0.423 e. The van der Waals surface area contributed by atoms with Crippen molar-refractivity contribution in [3.8, 4) is 0 Å². The Morgan fingerprint density at radius 3 is 2.82 bits per heavy atom. The highest BCUT2D eigenvalue weighted by atomic mass is 19.4. The minimum Gasteiger partial charge on any atom is -0.382 e. The molecule has 1 N–H and O–H groups in total. The van der Waals surface area contributed by atoms with Crippen molar-refractivity contribution in [2.45, 2.75) is 12.3 Å². The number of benzene rings is 1. The van der Waals surface area contributed by atoms with Crippen molar-refractivity contribution in [1.29, 1.82) is 0 Å². The fourth-order valence-electron chi connectivity index (χ4n) is 2.25. The Balaban J connectivity index is 2.10. The predicted molar refractivity (Wildman–Crippen MR) is 73.8 cm³/mol. The number of alkyl halides is 3. The van der Waals surface area contributed by atoms with Crippen molar-refractivity contribution < 1.29 is 22.8 Å². The standard InChI is InChI=1S/C13H16F3N3O3/c1-18-4-5-22-10(8-18)7-17-9-2-3-12(19(20)21)11(6-9)13(14,15)16/h2-3,6,10,17H,4-5,7-8H2,1H3. The number of hydrogen-bond donors (Lipinski definition) is 1. The van der Waals surface area contributed by atoms with Gasteiger partial charge >= 0.3 is 6.18 Å². The maximum absolute atomic E-state index is 12.9. The SMILES string of the molecule is CN1CCOC(CNc2ccc([N+](=O)[O-])c(C(F)(F)F)c2)C1. The van der Waals surface area contributed by atoms with E-state index in [1.54, 1.807) is 0 Å². The molecular formula is C13H16F3N3O3. The number of nitro benzene ring substituents is 1. The molecule has 0 bridgehead atoms. The minimum absolute atomic E-state index is 0.136. The third-order valence-electron chi connectivity index (χ3n) is 3.37. The van der Waals surface area contributed by atoms with Crippen LogP contribution < -0.4 is 5.32 Å². The highest BCUT2D eigenvalue weighted by Gasteiger charge is 2.38. The van der Waals surface area contributed by atoms with Crippen LogP contribution in [0.5, 0.6) is 0 Å². The van der Waals surface area contributed by atoms with E-state index in [-0.39, 0.29) is 11.8 Å². The van der Waals surface area contributed by atoms with Crippen LogP contribution in [-0.4, -0.2) is 49.2 Å². The average Bonchev–Trinajstić information content (AvgIpc) is 2.44. The van der Waals surface area contributed by atoms with Gasteiger partial charge in [0.2, 0.25) is 0 Å². The number of nitrogens with one attached hydrogen (secondary N) is 1. The van der Waals surface area contributed by atoms with Crippen molar-refractivity contribution in [3.63, 3.8) is 0 Å². The van der Waals surface area contributed by atoms with Crippen molar-refractivity contribution in [2.75, 3.05) is 38.6 Å². The Labute approximate surface area is 125 Å². The molecule has 0 aromatic heterocycles. The first kappa shape index (κ1) is 16.5. The molecule has 0 spiro atoms. The molecule has 1 heterocycles. The lowest BCUT2D eigenvalue weighted by atomic mass is 10.1. The molecule has 0 saturated carbocycles.